The van der Waals surface area contributed by atoms with Gasteiger partial charge >= 0.3 is 0 Å². The Hall–Kier alpha value is -3.53. The maximum atomic E-state index is 13.6. The number of pyridine rings is 1. The summed E-state index contributed by atoms with van der Waals surface area (Å²) in [5.41, 5.74) is 1.46. The number of carbonyl (C=O) groups is 1. The van der Waals surface area contributed by atoms with E-state index in [0.29, 0.717) is 40.6 Å². The van der Waals surface area contributed by atoms with E-state index in [1.807, 2.05) is 6.92 Å². The van der Waals surface area contributed by atoms with Gasteiger partial charge in [0.25, 0.3) is 0 Å². The number of Topliss-reactive ketones (excluding diaryl/α,β-unsaturated/α-hetero) is 1. The standard InChI is InChI=1S/C29H33FN2O6/c1-28(17-34)16-31-27-21(28)15-25(32-26(27)18-4-7-20(30)8-5-18)29(2,36)11-10-22(35)19-6-9-23(38-13-12-33)24(14-19)37-3/h4-9,14-15,31,33-34,36H,10-13,16-17H2,1-3H3/t28-,29+/m1/s1. The van der Waals surface area contributed by atoms with Crippen molar-refractivity contribution in [1.82, 2.24) is 4.98 Å². The maximum Gasteiger partial charge on any atom is 0.163 e. The molecule has 0 unspecified atom stereocenters. The van der Waals surface area contributed by atoms with Crippen molar-refractivity contribution in [3.8, 4) is 22.8 Å². The summed E-state index contributed by atoms with van der Waals surface area (Å²) >= 11 is 0. The van der Waals surface area contributed by atoms with Gasteiger partial charge in [0.2, 0.25) is 0 Å². The number of aromatic nitrogens is 1. The third kappa shape index (κ3) is 5.50. The topological polar surface area (TPSA) is 121 Å². The first-order valence-corrected chi connectivity index (χ1v) is 12.5. The van der Waals surface area contributed by atoms with Crippen LogP contribution in [0.2, 0.25) is 0 Å². The molecule has 0 saturated carbocycles. The van der Waals surface area contributed by atoms with Gasteiger partial charge in [0.15, 0.2) is 17.3 Å². The number of anilines is 1. The molecule has 9 heteroatoms. The van der Waals surface area contributed by atoms with Crippen LogP contribution in [0, 0.1) is 5.82 Å². The summed E-state index contributed by atoms with van der Waals surface area (Å²) in [5.74, 6) is 0.223. The molecule has 2 aromatic carbocycles. The Morgan fingerprint density at radius 3 is 2.55 bits per heavy atom. The Morgan fingerprint density at radius 1 is 1.16 bits per heavy atom. The molecule has 3 aromatic rings. The summed E-state index contributed by atoms with van der Waals surface area (Å²) in [6.45, 7) is 3.85. The van der Waals surface area contributed by atoms with E-state index in [1.54, 1.807) is 43.3 Å². The molecule has 0 bridgehead atoms. The number of aliphatic hydroxyl groups excluding tert-OH is 2. The molecule has 4 rings (SSSR count). The molecule has 202 valence electrons. The van der Waals surface area contributed by atoms with Gasteiger partial charge in [-0.2, -0.15) is 0 Å². The second-order valence-electron chi connectivity index (χ2n) is 9.99. The lowest BCUT2D eigenvalue weighted by Gasteiger charge is -2.27. The number of carbonyl (C=O) groups excluding carboxylic acids is 1. The highest BCUT2D eigenvalue weighted by Crippen LogP contribution is 2.44. The molecule has 4 N–H and O–H groups in total. The minimum absolute atomic E-state index is 0.0349. The van der Waals surface area contributed by atoms with Crippen molar-refractivity contribution in [1.29, 1.82) is 0 Å². The van der Waals surface area contributed by atoms with E-state index in [4.69, 9.17) is 19.6 Å². The van der Waals surface area contributed by atoms with Crippen LogP contribution in [0.4, 0.5) is 10.1 Å². The van der Waals surface area contributed by atoms with Crippen molar-refractivity contribution >= 4 is 11.5 Å². The first kappa shape index (κ1) is 27.5. The zero-order valence-electron chi connectivity index (χ0n) is 21.8. The molecule has 1 aliphatic heterocycles. The van der Waals surface area contributed by atoms with E-state index in [9.17, 15) is 19.4 Å². The van der Waals surface area contributed by atoms with Crippen LogP contribution in [0.1, 0.15) is 48.3 Å². The van der Waals surface area contributed by atoms with Gasteiger partial charge in [-0.3, -0.25) is 4.79 Å². The number of methoxy groups -OCH3 is 1. The minimum Gasteiger partial charge on any atom is -0.493 e. The number of rotatable bonds is 11. The minimum atomic E-state index is -1.47. The Kier molecular flexibility index (Phi) is 8.01. The maximum absolute atomic E-state index is 13.6. The number of hydrogen-bond donors (Lipinski definition) is 4. The molecular formula is C29H33FN2O6. The Balaban J connectivity index is 1.62. The average molecular weight is 525 g/mol. The number of nitrogens with one attached hydrogen (secondary N) is 1. The van der Waals surface area contributed by atoms with Crippen LogP contribution in [-0.2, 0) is 11.0 Å². The fourth-order valence-electron chi connectivity index (χ4n) is 4.56. The zero-order chi connectivity index (χ0) is 27.5. The van der Waals surface area contributed by atoms with E-state index in [2.05, 4.69) is 5.32 Å². The third-order valence-corrected chi connectivity index (χ3v) is 7.02. The van der Waals surface area contributed by atoms with Gasteiger partial charge in [0, 0.05) is 29.5 Å². The van der Waals surface area contributed by atoms with Crippen LogP contribution in [0.3, 0.4) is 0 Å². The summed E-state index contributed by atoms with van der Waals surface area (Å²) in [6.07, 6.45) is 0.127. The fraction of sp³-hybridized carbons (Fsp3) is 0.379. The highest BCUT2D eigenvalue weighted by Gasteiger charge is 2.38. The lowest BCUT2D eigenvalue weighted by atomic mass is 9.82. The van der Waals surface area contributed by atoms with Gasteiger partial charge in [-0.25, -0.2) is 9.37 Å². The van der Waals surface area contributed by atoms with Gasteiger partial charge in [0.1, 0.15) is 18.0 Å². The van der Waals surface area contributed by atoms with E-state index >= 15 is 0 Å². The summed E-state index contributed by atoms with van der Waals surface area (Å²) in [7, 11) is 1.47. The molecule has 8 nitrogen and oxygen atoms in total. The zero-order valence-corrected chi connectivity index (χ0v) is 21.8. The number of ketones is 1. The van der Waals surface area contributed by atoms with Crippen LogP contribution in [0.15, 0.2) is 48.5 Å². The predicted octanol–water partition coefficient (Wildman–Crippen LogP) is 3.81. The van der Waals surface area contributed by atoms with E-state index in [1.165, 1.54) is 19.2 Å². The fourth-order valence-corrected chi connectivity index (χ4v) is 4.56. The number of ether oxygens (including phenoxy) is 2. The molecule has 2 atom stereocenters. The van der Waals surface area contributed by atoms with E-state index in [-0.39, 0.29) is 44.3 Å². The molecule has 2 heterocycles. The number of hydrogen-bond acceptors (Lipinski definition) is 8. The van der Waals surface area contributed by atoms with E-state index < -0.39 is 11.0 Å². The third-order valence-electron chi connectivity index (χ3n) is 7.02. The summed E-state index contributed by atoms with van der Waals surface area (Å²) in [5, 5.41) is 33.9. The summed E-state index contributed by atoms with van der Waals surface area (Å²) in [6, 6.07) is 12.5. The van der Waals surface area contributed by atoms with Gasteiger partial charge in [-0.1, -0.05) is 6.92 Å². The smallest absolute Gasteiger partial charge is 0.163 e. The van der Waals surface area contributed by atoms with Crippen LogP contribution in [0.25, 0.3) is 11.3 Å². The van der Waals surface area contributed by atoms with Crippen molar-refractivity contribution in [3.05, 3.63) is 71.2 Å². The van der Waals surface area contributed by atoms with Crippen molar-refractivity contribution in [3.63, 3.8) is 0 Å². The molecule has 1 aliphatic rings. The molecule has 0 radical (unpaired) electrons. The Morgan fingerprint density at radius 2 is 1.89 bits per heavy atom. The van der Waals surface area contributed by atoms with Crippen molar-refractivity contribution < 1.29 is 34.0 Å². The molecule has 1 aromatic heterocycles. The van der Waals surface area contributed by atoms with Gasteiger partial charge in [-0.15, -0.1) is 0 Å². The summed E-state index contributed by atoms with van der Waals surface area (Å²) < 4.78 is 24.3. The average Bonchev–Trinajstić information content (AvgIpc) is 3.27. The Labute approximate surface area is 221 Å². The van der Waals surface area contributed by atoms with Crippen molar-refractivity contribution in [2.45, 2.75) is 37.7 Å². The predicted molar refractivity (Wildman–Crippen MR) is 141 cm³/mol. The first-order valence-electron chi connectivity index (χ1n) is 12.5. The number of aliphatic hydroxyl groups is 3. The van der Waals surface area contributed by atoms with Gasteiger partial charge in [0.05, 0.1) is 37.4 Å². The summed E-state index contributed by atoms with van der Waals surface area (Å²) in [4.78, 5) is 17.8. The lowest BCUT2D eigenvalue weighted by molar-refractivity contribution is 0.0396. The van der Waals surface area contributed by atoms with Crippen LogP contribution in [-0.4, -0.2) is 59.6 Å². The quantitative estimate of drug-likeness (QED) is 0.280. The second kappa shape index (κ2) is 11.1. The molecule has 38 heavy (non-hydrogen) atoms. The molecular weight excluding hydrogens is 491 g/mol. The van der Waals surface area contributed by atoms with Crippen LogP contribution >= 0.6 is 0 Å². The Bertz CT molecular complexity index is 1310. The van der Waals surface area contributed by atoms with Crippen LogP contribution < -0.4 is 14.8 Å². The normalized spacial score (nSPS) is 17.9. The number of nitrogens with zero attached hydrogens (tertiary/aromatic N) is 1. The number of fused-ring (bicyclic) bond motifs is 1. The van der Waals surface area contributed by atoms with E-state index in [0.717, 1.165) is 11.3 Å². The molecule has 0 saturated heterocycles. The highest BCUT2D eigenvalue weighted by atomic mass is 19.1. The van der Waals surface area contributed by atoms with Gasteiger partial charge in [-0.05, 0) is 67.4 Å². The SMILES string of the molecule is COc1cc(C(=O)CC[C@](C)(O)c2cc3c(c(-c4ccc(F)cc4)n2)NC[C@]3(C)CO)ccc1OCCO. The van der Waals surface area contributed by atoms with Crippen molar-refractivity contribution in [2.24, 2.45) is 0 Å². The second-order valence-corrected chi connectivity index (χ2v) is 9.99. The monoisotopic (exact) mass is 524 g/mol. The lowest BCUT2D eigenvalue weighted by Crippen LogP contribution is -2.30. The molecule has 0 spiro atoms. The highest BCUT2D eigenvalue weighted by molar-refractivity contribution is 5.96. The number of halogens is 1. The van der Waals surface area contributed by atoms with Crippen molar-refractivity contribution in [2.75, 3.05) is 38.8 Å². The largest absolute Gasteiger partial charge is 0.493 e. The van der Waals surface area contributed by atoms with Crippen LogP contribution in [0.5, 0.6) is 11.5 Å². The first-order chi connectivity index (χ1) is 18.1. The molecule has 0 amide bonds. The van der Waals surface area contributed by atoms with Gasteiger partial charge < -0.3 is 30.1 Å². The molecule has 0 fully saturated rings. The number of benzene rings is 2. The molecule has 0 aliphatic carbocycles.